The van der Waals surface area contributed by atoms with Crippen molar-refractivity contribution in [2.24, 2.45) is 0 Å². The van der Waals surface area contributed by atoms with Crippen molar-refractivity contribution in [2.45, 2.75) is 70.4 Å². The summed E-state index contributed by atoms with van der Waals surface area (Å²) < 4.78 is 0. The van der Waals surface area contributed by atoms with Gasteiger partial charge in [0.2, 0.25) is 5.91 Å². The van der Waals surface area contributed by atoms with Crippen molar-refractivity contribution in [3.05, 3.63) is 70.3 Å². The highest BCUT2D eigenvalue weighted by Gasteiger charge is 2.27. The number of fused-ring (bicyclic) bond motifs is 1. The smallest absolute Gasteiger partial charge is 0.220 e. The first-order chi connectivity index (χ1) is 16.0. The Hall–Kier alpha value is -2.50. The molecule has 4 rings (SSSR count). The molecule has 5 nitrogen and oxygen atoms in total. The number of hydrogen-bond donors (Lipinski definition) is 2. The average Bonchev–Trinajstić information content (AvgIpc) is 3.35. The zero-order chi connectivity index (χ0) is 23.2. The molecule has 0 radical (unpaired) electrons. The maximum Gasteiger partial charge on any atom is 0.220 e. The molecule has 33 heavy (non-hydrogen) atoms. The molecule has 0 saturated carbocycles. The average molecular weight is 449 g/mol. The molecule has 1 saturated heterocycles. The number of aliphatic hydroxyl groups excluding tert-OH is 1. The van der Waals surface area contributed by atoms with Crippen LogP contribution < -0.4 is 5.32 Å². The molecule has 2 aliphatic rings. The fraction of sp³-hybridized carbons (Fsp3) is 0.500. The minimum atomic E-state index is -0.769. The van der Waals surface area contributed by atoms with E-state index < -0.39 is 12.1 Å². The fourth-order valence-corrected chi connectivity index (χ4v) is 5.03. The Morgan fingerprint density at radius 2 is 1.64 bits per heavy atom. The van der Waals surface area contributed by atoms with Crippen molar-refractivity contribution < 1.29 is 14.7 Å². The molecule has 1 heterocycles. The van der Waals surface area contributed by atoms with E-state index in [1.165, 1.54) is 24.0 Å². The van der Waals surface area contributed by atoms with Gasteiger partial charge in [-0.3, -0.25) is 9.59 Å². The summed E-state index contributed by atoms with van der Waals surface area (Å²) >= 11 is 0. The summed E-state index contributed by atoms with van der Waals surface area (Å²) in [5.74, 6) is -0.215. The van der Waals surface area contributed by atoms with Crippen LogP contribution in [-0.4, -0.2) is 47.4 Å². The number of aryl methyl sites for hydroxylation is 3. The van der Waals surface area contributed by atoms with Crippen molar-refractivity contribution in [3.63, 3.8) is 0 Å². The zero-order valence-electron chi connectivity index (χ0n) is 19.7. The van der Waals surface area contributed by atoms with Crippen molar-refractivity contribution >= 4 is 11.7 Å². The van der Waals surface area contributed by atoms with E-state index in [1.807, 2.05) is 37.3 Å². The molecule has 1 aliphatic heterocycles. The number of carbonyl (C=O) groups excluding carboxylic acids is 2. The highest BCUT2D eigenvalue weighted by Crippen LogP contribution is 2.27. The topological polar surface area (TPSA) is 69.6 Å². The zero-order valence-corrected chi connectivity index (χ0v) is 19.7. The number of likely N-dealkylation sites (tertiary alicyclic amines) is 1. The number of nitrogens with zero attached hydrogens (tertiary/aromatic N) is 1. The van der Waals surface area contributed by atoms with Crippen LogP contribution in [0.1, 0.15) is 77.2 Å². The Morgan fingerprint density at radius 3 is 2.36 bits per heavy atom. The summed E-state index contributed by atoms with van der Waals surface area (Å²) in [5, 5.41) is 14.3. The predicted molar refractivity (Wildman–Crippen MR) is 130 cm³/mol. The molecular formula is C28H36N2O3. The first kappa shape index (κ1) is 23.7. The quantitative estimate of drug-likeness (QED) is 0.566. The Bertz CT molecular complexity index is 964. The van der Waals surface area contributed by atoms with Gasteiger partial charge in [-0.1, -0.05) is 48.0 Å². The van der Waals surface area contributed by atoms with Gasteiger partial charge in [-0.25, -0.2) is 0 Å². The van der Waals surface area contributed by atoms with Crippen LogP contribution in [0.5, 0.6) is 0 Å². The second-order valence-electron chi connectivity index (χ2n) is 9.65. The van der Waals surface area contributed by atoms with Crippen LogP contribution in [-0.2, 0) is 17.6 Å². The lowest BCUT2D eigenvalue weighted by Crippen LogP contribution is -2.46. The molecule has 5 heteroatoms. The summed E-state index contributed by atoms with van der Waals surface area (Å²) in [6, 6.07) is 13.3. The number of benzene rings is 2. The van der Waals surface area contributed by atoms with Crippen LogP contribution in [0.2, 0.25) is 0 Å². The predicted octanol–water partition coefficient (Wildman–Crippen LogP) is 4.15. The van der Waals surface area contributed by atoms with E-state index in [-0.39, 0.29) is 24.5 Å². The van der Waals surface area contributed by atoms with Gasteiger partial charge in [-0.15, -0.1) is 0 Å². The molecule has 1 aliphatic carbocycles. The second kappa shape index (κ2) is 11.1. The Morgan fingerprint density at radius 1 is 0.939 bits per heavy atom. The summed E-state index contributed by atoms with van der Waals surface area (Å²) in [6.45, 7) is 4.59. The van der Waals surface area contributed by atoms with Crippen molar-refractivity contribution in [3.8, 4) is 0 Å². The molecular weight excluding hydrogens is 412 g/mol. The molecule has 0 spiro atoms. The van der Waals surface area contributed by atoms with Gasteiger partial charge in [0.05, 0.1) is 6.04 Å². The molecule has 2 aromatic rings. The van der Waals surface area contributed by atoms with Gasteiger partial charge in [0.15, 0.2) is 5.78 Å². The van der Waals surface area contributed by atoms with E-state index in [0.29, 0.717) is 12.1 Å². The molecule has 0 aromatic heterocycles. The molecule has 2 N–H and O–H groups in total. The SMILES string of the molecule is Cc1ccc(C(=O)CCC(=O)N[C@H](CN2CCCC2)C(O)c2ccc3c(c2)CCCC3)cc1. The van der Waals surface area contributed by atoms with Gasteiger partial charge in [-0.2, -0.15) is 0 Å². The summed E-state index contributed by atoms with van der Waals surface area (Å²) in [6.07, 6.45) is 6.41. The molecule has 176 valence electrons. The Kier molecular flexibility index (Phi) is 7.94. The van der Waals surface area contributed by atoms with Crippen LogP contribution in [0.4, 0.5) is 0 Å². The van der Waals surface area contributed by atoms with Crippen LogP contribution in [0.15, 0.2) is 42.5 Å². The van der Waals surface area contributed by atoms with Crippen molar-refractivity contribution in [1.29, 1.82) is 0 Å². The lowest BCUT2D eigenvalue weighted by Gasteiger charge is -2.29. The first-order valence-electron chi connectivity index (χ1n) is 12.4. The number of hydrogen-bond acceptors (Lipinski definition) is 4. The van der Waals surface area contributed by atoms with Gasteiger partial charge in [-0.05, 0) is 75.2 Å². The molecule has 2 aromatic carbocycles. The second-order valence-corrected chi connectivity index (χ2v) is 9.65. The highest BCUT2D eigenvalue weighted by atomic mass is 16.3. The first-order valence-corrected chi connectivity index (χ1v) is 12.4. The third-order valence-corrected chi connectivity index (χ3v) is 7.05. The number of nitrogens with one attached hydrogen (secondary N) is 1. The van der Waals surface area contributed by atoms with Crippen molar-refractivity contribution in [1.82, 2.24) is 10.2 Å². The monoisotopic (exact) mass is 448 g/mol. The maximum atomic E-state index is 12.8. The molecule has 1 fully saturated rings. The lowest BCUT2D eigenvalue weighted by atomic mass is 9.88. The van der Waals surface area contributed by atoms with E-state index in [1.54, 1.807) is 0 Å². The van der Waals surface area contributed by atoms with Crippen LogP contribution in [0.3, 0.4) is 0 Å². The third kappa shape index (κ3) is 6.30. The lowest BCUT2D eigenvalue weighted by molar-refractivity contribution is -0.122. The van der Waals surface area contributed by atoms with Gasteiger partial charge in [0.25, 0.3) is 0 Å². The summed E-state index contributed by atoms with van der Waals surface area (Å²) in [4.78, 5) is 27.6. The number of rotatable bonds is 9. The molecule has 1 amide bonds. The number of ketones is 1. The van der Waals surface area contributed by atoms with E-state index in [2.05, 4.69) is 22.3 Å². The van der Waals surface area contributed by atoms with Crippen LogP contribution >= 0.6 is 0 Å². The molecule has 2 atom stereocenters. The largest absolute Gasteiger partial charge is 0.386 e. The van der Waals surface area contributed by atoms with E-state index in [4.69, 9.17) is 0 Å². The summed E-state index contributed by atoms with van der Waals surface area (Å²) in [5.41, 5.74) is 5.32. The maximum absolute atomic E-state index is 12.8. The standard InChI is InChI=1S/C28H36N2O3/c1-20-8-10-22(11-9-20)26(31)14-15-27(32)29-25(19-30-16-4-5-17-30)28(33)24-13-12-21-6-2-3-7-23(21)18-24/h8-13,18,25,28,33H,2-7,14-17,19H2,1H3,(H,29,32)/t25-,28?/m1/s1. The normalized spacial score (nSPS) is 17.9. The highest BCUT2D eigenvalue weighted by molar-refractivity contribution is 5.98. The van der Waals surface area contributed by atoms with Gasteiger partial charge in [0, 0.05) is 24.9 Å². The van der Waals surface area contributed by atoms with Gasteiger partial charge >= 0.3 is 0 Å². The Labute approximate surface area is 197 Å². The Balaban J connectivity index is 1.40. The van der Waals surface area contributed by atoms with Crippen LogP contribution in [0.25, 0.3) is 0 Å². The van der Waals surface area contributed by atoms with E-state index in [9.17, 15) is 14.7 Å². The van der Waals surface area contributed by atoms with E-state index >= 15 is 0 Å². The van der Waals surface area contributed by atoms with Gasteiger partial charge < -0.3 is 15.3 Å². The fourth-order valence-electron chi connectivity index (χ4n) is 5.03. The van der Waals surface area contributed by atoms with Gasteiger partial charge in [0.1, 0.15) is 6.10 Å². The molecule has 0 bridgehead atoms. The third-order valence-electron chi connectivity index (χ3n) is 7.05. The van der Waals surface area contributed by atoms with Crippen LogP contribution in [0, 0.1) is 6.92 Å². The minimum absolute atomic E-state index is 0.0310. The van der Waals surface area contributed by atoms with E-state index in [0.717, 1.165) is 49.9 Å². The number of aliphatic hydroxyl groups is 1. The number of carbonyl (C=O) groups is 2. The molecule has 1 unspecified atom stereocenters. The minimum Gasteiger partial charge on any atom is -0.386 e. The van der Waals surface area contributed by atoms with Crippen molar-refractivity contribution in [2.75, 3.05) is 19.6 Å². The summed E-state index contributed by atoms with van der Waals surface area (Å²) in [7, 11) is 0. The number of amides is 1. The number of Topliss-reactive ketones (excluding diaryl/α,β-unsaturated/α-hetero) is 1.